The Bertz CT molecular complexity index is 2080. The number of carboxylic acids is 1. The maximum absolute atomic E-state index is 15.6. The number of carboxylic acid groups (broad SMARTS) is 1. The fraction of sp³-hybridized carbons (Fsp3) is 0.353. The number of aliphatic carboxylic acids is 1. The van der Waals surface area contributed by atoms with Crippen molar-refractivity contribution in [3.05, 3.63) is 87.8 Å². The molecule has 2 N–H and O–H groups in total. The molecule has 6 rings (SSSR count). The van der Waals surface area contributed by atoms with Crippen LogP contribution in [0.4, 0.5) is 8.78 Å². The third kappa shape index (κ3) is 6.10. The fourth-order valence-electron chi connectivity index (χ4n) is 5.99. The van der Waals surface area contributed by atoms with Gasteiger partial charge in [0.15, 0.2) is 29.0 Å². The number of benzene rings is 2. The highest BCUT2D eigenvalue weighted by Crippen LogP contribution is 2.41. The van der Waals surface area contributed by atoms with E-state index in [1.165, 1.54) is 39.8 Å². The molecular weight excluding hydrogens is 624 g/mol. The molecule has 250 valence electrons. The van der Waals surface area contributed by atoms with E-state index in [1.54, 1.807) is 40.7 Å². The van der Waals surface area contributed by atoms with Crippen molar-refractivity contribution in [2.24, 2.45) is 0 Å². The van der Waals surface area contributed by atoms with Gasteiger partial charge in [-0.05, 0) is 83.7 Å². The van der Waals surface area contributed by atoms with E-state index >= 15 is 4.39 Å². The molecule has 0 radical (unpaired) electrons. The molecule has 14 heteroatoms. The number of halogens is 2. The summed E-state index contributed by atoms with van der Waals surface area (Å²) in [4.78, 5) is 35.0. The summed E-state index contributed by atoms with van der Waals surface area (Å²) < 4.78 is 44.3. The van der Waals surface area contributed by atoms with Crippen LogP contribution in [-0.2, 0) is 22.5 Å². The van der Waals surface area contributed by atoms with Crippen LogP contribution in [0.15, 0.2) is 36.7 Å². The quantitative estimate of drug-likeness (QED) is 0.224. The largest absolute Gasteiger partial charge is 0.490 e. The minimum atomic E-state index is -1.50. The monoisotopic (exact) mass is 659 g/mol. The molecule has 0 spiro atoms. The van der Waals surface area contributed by atoms with Crippen molar-refractivity contribution in [2.45, 2.75) is 72.6 Å². The number of nitrogens with zero attached hydrogens (tertiary/aromatic N) is 6. The van der Waals surface area contributed by atoms with Gasteiger partial charge in [-0.25, -0.2) is 32.7 Å². The second kappa shape index (κ2) is 12.4. The minimum Gasteiger partial charge on any atom is -0.490 e. The number of aromatic nitrogens is 6. The van der Waals surface area contributed by atoms with Crippen LogP contribution in [0.5, 0.6) is 5.75 Å². The third-order valence-electron chi connectivity index (χ3n) is 8.14. The van der Waals surface area contributed by atoms with E-state index in [1.807, 2.05) is 6.92 Å². The average molecular weight is 660 g/mol. The van der Waals surface area contributed by atoms with Crippen LogP contribution in [0.2, 0.25) is 0 Å². The molecule has 0 bridgehead atoms. The van der Waals surface area contributed by atoms with Gasteiger partial charge in [0.05, 0.1) is 23.6 Å². The molecule has 0 unspecified atom stereocenters. The van der Waals surface area contributed by atoms with Crippen molar-refractivity contribution < 1.29 is 33.0 Å². The van der Waals surface area contributed by atoms with Gasteiger partial charge < -0.3 is 19.9 Å². The summed E-state index contributed by atoms with van der Waals surface area (Å²) in [5, 5.41) is 22.0. The minimum absolute atomic E-state index is 0.00182. The van der Waals surface area contributed by atoms with Crippen LogP contribution in [0.25, 0.3) is 22.6 Å². The lowest BCUT2D eigenvalue weighted by Gasteiger charge is -2.28. The van der Waals surface area contributed by atoms with Gasteiger partial charge in [-0.15, -0.1) is 0 Å². The van der Waals surface area contributed by atoms with Crippen LogP contribution < -0.4 is 10.1 Å². The van der Waals surface area contributed by atoms with Crippen molar-refractivity contribution in [1.29, 1.82) is 0 Å². The molecule has 2 aromatic carbocycles. The number of rotatable bonds is 8. The van der Waals surface area contributed by atoms with E-state index in [2.05, 4.69) is 25.5 Å². The zero-order valence-corrected chi connectivity index (χ0v) is 27.4. The summed E-state index contributed by atoms with van der Waals surface area (Å²) in [6.07, 6.45) is 1.12. The summed E-state index contributed by atoms with van der Waals surface area (Å²) in [7, 11) is 0. The Morgan fingerprint density at radius 1 is 1.15 bits per heavy atom. The lowest BCUT2D eigenvalue weighted by molar-refractivity contribution is -0.160. The summed E-state index contributed by atoms with van der Waals surface area (Å²) in [6, 6.07) is 6.90. The van der Waals surface area contributed by atoms with Crippen molar-refractivity contribution in [2.75, 3.05) is 6.61 Å². The zero-order chi connectivity index (χ0) is 34.5. The molecule has 3 aromatic heterocycles. The fourth-order valence-corrected chi connectivity index (χ4v) is 5.99. The standard InChI is InChI=1S/C34H35F2N7O5/c1-17-22-8-7-11-47-30(22)24(36)13-23(17)29-28(31(33(45)46)48-34(4,5)6)18(2)40-27-14-25(41-43(27)29)32(44)37-15-20-9-10-21(35)12-26(20)42-19(3)38-16-39-42/h9-10,12-14,16,31H,7-8,11,15H2,1-6H3,(H,37,44)(H,45,46)/t31-/m0/s1. The first-order chi connectivity index (χ1) is 22.7. The van der Waals surface area contributed by atoms with Gasteiger partial charge in [0.2, 0.25) is 0 Å². The summed E-state index contributed by atoms with van der Waals surface area (Å²) in [6.45, 7) is 10.8. The number of carbonyl (C=O) groups is 2. The molecule has 5 aromatic rings. The number of hydrogen-bond donors (Lipinski definition) is 2. The molecule has 48 heavy (non-hydrogen) atoms. The lowest BCUT2D eigenvalue weighted by atomic mass is 9.91. The third-order valence-corrected chi connectivity index (χ3v) is 8.14. The zero-order valence-electron chi connectivity index (χ0n) is 27.4. The van der Waals surface area contributed by atoms with Gasteiger partial charge >= 0.3 is 5.97 Å². The van der Waals surface area contributed by atoms with Gasteiger partial charge in [0.1, 0.15) is 18.0 Å². The highest BCUT2D eigenvalue weighted by molar-refractivity contribution is 5.93. The predicted octanol–water partition coefficient (Wildman–Crippen LogP) is 5.38. The first-order valence-corrected chi connectivity index (χ1v) is 15.4. The van der Waals surface area contributed by atoms with Gasteiger partial charge in [0.25, 0.3) is 5.91 Å². The molecule has 4 heterocycles. The first-order valence-electron chi connectivity index (χ1n) is 15.4. The van der Waals surface area contributed by atoms with Crippen LogP contribution >= 0.6 is 0 Å². The maximum atomic E-state index is 15.6. The smallest absolute Gasteiger partial charge is 0.337 e. The first kappa shape index (κ1) is 32.7. The molecule has 1 aliphatic rings. The second-order valence-corrected chi connectivity index (χ2v) is 12.7. The molecule has 1 amide bonds. The Morgan fingerprint density at radius 3 is 2.60 bits per heavy atom. The number of hydrogen-bond acceptors (Lipinski definition) is 8. The van der Waals surface area contributed by atoms with Gasteiger partial charge in [0, 0.05) is 35.0 Å². The number of ether oxygens (including phenoxy) is 2. The Labute approximate surface area is 274 Å². The SMILES string of the molecule is Cc1nc2cc(C(=O)NCc3ccc(F)cc3-n3ncnc3C)nn2c(-c2cc(F)c3c(c2C)CCCO3)c1[C@H](OC(C)(C)C)C(=O)O. The van der Waals surface area contributed by atoms with E-state index < -0.39 is 35.2 Å². The molecular formula is C34H35F2N7O5. The van der Waals surface area contributed by atoms with Gasteiger partial charge in [-0.2, -0.15) is 10.2 Å². The molecule has 12 nitrogen and oxygen atoms in total. The Kier molecular flexibility index (Phi) is 8.45. The van der Waals surface area contributed by atoms with Crippen molar-refractivity contribution in [3.8, 4) is 22.7 Å². The summed E-state index contributed by atoms with van der Waals surface area (Å²) in [5.74, 6) is -2.19. The van der Waals surface area contributed by atoms with E-state index in [9.17, 15) is 19.1 Å². The van der Waals surface area contributed by atoms with Crippen molar-refractivity contribution in [3.63, 3.8) is 0 Å². The van der Waals surface area contributed by atoms with Gasteiger partial charge in [-0.3, -0.25) is 4.79 Å². The predicted molar refractivity (Wildman–Crippen MR) is 170 cm³/mol. The summed E-state index contributed by atoms with van der Waals surface area (Å²) in [5.41, 5.74) is 2.80. The van der Waals surface area contributed by atoms with Crippen LogP contribution in [0.3, 0.4) is 0 Å². The number of carbonyl (C=O) groups excluding carboxylic acids is 1. The van der Waals surface area contributed by atoms with Crippen LogP contribution in [0.1, 0.15) is 77.6 Å². The number of nitrogens with one attached hydrogen (secondary N) is 1. The topological polar surface area (TPSA) is 146 Å². The van der Waals surface area contributed by atoms with Crippen LogP contribution in [-0.4, -0.2) is 58.6 Å². The Balaban J connectivity index is 1.47. The van der Waals surface area contributed by atoms with Crippen molar-refractivity contribution >= 4 is 17.5 Å². The number of amides is 1. The Hall–Kier alpha value is -5.24. The second-order valence-electron chi connectivity index (χ2n) is 12.7. The van der Waals surface area contributed by atoms with Gasteiger partial charge in [-0.1, -0.05) is 6.07 Å². The Morgan fingerprint density at radius 2 is 1.92 bits per heavy atom. The lowest BCUT2D eigenvalue weighted by Crippen LogP contribution is -2.29. The van der Waals surface area contributed by atoms with Crippen LogP contribution in [0, 0.1) is 32.4 Å². The van der Waals surface area contributed by atoms with Crippen molar-refractivity contribution in [1.82, 2.24) is 34.7 Å². The average Bonchev–Trinajstić information content (AvgIpc) is 3.66. The van der Waals surface area contributed by atoms with E-state index in [4.69, 9.17) is 9.47 Å². The van der Waals surface area contributed by atoms with E-state index in [0.717, 1.165) is 0 Å². The van der Waals surface area contributed by atoms with E-state index in [0.29, 0.717) is 58.9 Å². The number of fused-ring (bicyclic) bond motifs is 2. The number of aryl methyl sites for hydroxylation is 2. The summed E-state index contributed by atoms with van der Waals surface area (Å²) >= 11 is 0. The highest BCUT2D eigenvalue weighted by atomic mass is 19.1. The highest BCUT2D eigenvalue weighted by Gasteiger charge is 2.35. The molecule has 0 fully saturated rings. The molecule has 0 saturated heterocycles. The normalized spacial score (nSPS) is 13.7. The molecule has 0 aliphatic carbocycles. The molecule has 1 aliphatic heterocycles. The maximum Gasteiger partial charge on any atom is 0.337 e. The molecule has 1 atom stereocenters. The van der Waals surface area contributed by atoms with E-state index in [-0.39, 0.29) is 34.9 Å². The molecule has 0 saturated carbocycles.